The summed E-state index contributed by atoms with van der Waals surface area (Å²) >= 11 is 0. The number of nitrogens with zero attached hydrogens (tertiary/aromatic N) is 1. The molecule has 0 saturated carbocycles. The second kappa shape index (κ2) is 6.38. The van der Waals surface area contributed by atoms with Gasteiger partial charge in [0.2, 0.25) is 0 Å². The minimum atomic E-state index is -0.575. The summed E-state index contributed by atoms with van der Waals surface area (Å²) in [5.41, 5.74) is -0.575. The molecule has 0 rings (SSSR count). The summed E-state index contributed by atoms with van der Waals surface area (Å²) in [4.78, 5) is 2.19. The van der Waals surface area contributed by atoms with Crippen molar-refractivity contribution in [3.63, 3.8) is 0 Å². The lowest BCUT2D eigenvalue weighted by atomic mass is 9.92. The fourth-order valence-corrected chi connectivity index (χ4v) is 1.33. The van der Waals surface area contributed by atoms with Crippen molar-refractivity contribution >= 4 is 0 Å². The minimum absolute atomic E-state index is 0.300. The van der Waals surface area contributed by atoms with E-state index >= 15 is 0 Å². The van der Waals surface area contributed by atoms with Crippen LogP contribution in [0.2, 0.25) is 0 Å². The average Bonchev–Trinajstić information content (AvgIpc) is 2.03. The van der Waals surface area contributed by atoms with Gasteiger partial charge in [0.1, 0.15) is 0 Å². The molecule has 86 valence electrons. The van der Waals surface area contributed by atoms with Gasteiger partial charge in [-0.2, -0.15) is 0 Å². The number of hydrogen-bond acceptors (Lipinski definition) is 3. The highest BCUT2D eigenvalue weighted by atomic mass is 16.3. The van der Waals surface area contributed by atoms with Gasteiger partial charge in [0.05, 0.1) is 5.60 Å². The first-order valence-corrected chi connectivity index (χ1v) is 5.45. The van der Waals surface area contributed by atoms with E-state index in [0.717, 1.165) is 26.1 Å². The van der Waals surface area contributed by atoms with Crippen molar-refractivity contribution in [3.05, 3.63) is 0 Å². The van der Waals surface area contributed by atoms with E-state index < -0.39 is 5.60 Å². The maximum Gasteiger partial charge on any atom is 0.0768 e. The monoisotopic (exact) mass is 202 g/mol. The number of aliphatic hydroxyl groups is 1. The van der Waals surface area contributed by atoms with E-state index in [2.05, 4.69) is 31.1 Å². The van der Waals surface area contributed by atoms with Crippen LogP contribution in [0.25, 0.3) is 0 Å². The zero-order valence-corrected chi connectivity index (χ0v) is 10.3. The molecule has 1 unspecified atom stereocenters. The van der Waals surface area contributed by atoms with E-state index in [0.29, 0.717) is 5.92 Å². The molecule has 0 aromatic heterocycles. The molecule has 0 bridgehead atoms. The SMILES string of the molecule is CNCCCN(C)CC(C)(O)C(C)C. The Hall–Kier alpha value is -0.120. The lowest BCUT2D eigenvalue weighted by molar-refractivity contribution is -0.0131. The van der Waals surface area contributed by atoms with E-state index in [1.54, 1.807) is 0 Å². The molecule has 0 fully saturated rings. The zero-order chi connectivity index (χ0) is 11.2. The Balaban J connectivity index is 3.75. The number of nitrogens with one attached hydrogen (secondary N) is 1. The minimum Gasteiger partial charge on any atom is -0.389 e. The van der Waals surface area contributed by atoms with E-state index in [4.69, 9.17) is 0 Å². The quantitative estimate of drug-likeness (QED) is 0.603. The first kappa shape index (κ1) is 13.9. The average molecular weight is 202 g/mol. The normalized spacial score (nSPS) is 16.3. The molecule has 2 N–H and O–H groups in total. The first-order chi connectivity index (χ1) is 6.40. The first-order valence-electron chi connectivity index (χ1n) is 5.45. The van der Waals surface area contributed by atoms with E-state index in [1.165, 1.54) is 0 Å². The molecule has 0 aromatic carbocycles. The van der Waals surface area contributed by atoms with Gasteiger partial charge in [-0.3, -0.25) is 0 Å². The molecule has 0 saturated heterocycles. The molecule has 1 atom stereocenters. The zero-order valence-electron chi connectivity index (χ0n) is 10.3. The van der Waals surface area contributed by atoms with Crippen molar-refractivity contribution in [2.45, 2.75) is 32.8 Å². The lowest BCUT2D eigenvalue weighted by Gasteiger charge is -2.32. The van der Waals surface area contributed by atoms with Gasteiger partial charge >= 0.3 is 0 Å². The van der Waals surface area contributed by atoms with Crippen molar-refractivity contribution in [2.24, 2.45) is 5.92 Å². The fourth-order valence-electron chi connectivity index (χ4n) is 1.33. The second-order valence-electron chi connectivity index (χ2n) is 4.71. The van der Waals surface area contributed by atoms with Gasteiger partial charge in [-0.15, -0.1) is 0 Å². The van der Waals surface area contributed by atoms with Crippen LogP contribution < -0.4 is 5.32 Å². The molecule has 0 amide bonds. The van der Waals surface area contributed by atoms with Crippen molar-refractivity contribution < 1.29 is 5.11 Å². The Morgan fingerprint density at radius 3 is 2.43 bits per heavy atom. The van der Waals surface area contributed by atoms with Crippen LogP contribution in [-0.2, 0) is 0 Å². The number of likely N-dealkylation sites (N-methyl/N-ethyl adjacent to an activating group) is 1. The van der Waals surface area contributed by atoms with Gasteiger partial charge in [0, 0.05) is 6.54 Å². The predicted molar refractivity (Wildman–Crippen MR) is 61.5 cm³/mol. The largest absolute Gasteiger partial charge is 0.389 e. The molecule has 0 aliphatic heterocycles. The highest BCUT2D eigenvalue weighted by Crippen LogP contribution is 2.16. The van der Waals surface area contributed by atoms with E-state index in [-0.39, 0.29) is 0 Å². The summed E-state index contributed by atoms with van der Waals surface area (Å²) < 4.78 is 0. The van der Waals surface area contributed by atoms with Crippen LogP contribution in [0.4, 0.5) is 0 Å². The van der Waals surface area contributed by atoms with E-state index in [9.17, 15) is 5.11 Å². The molecule has 0 aliphatic rings. The summed E-state index contributed by atoms with van der Waals surface area (Å²) in [7, 11) is 4.02. The molecule has 3 heteroatoms. The van der Waals surface area contributed by atoms with Gasteiger partial charge in [-0.25, -0.2) is 0 Å². The highest BCUT2D eigenvalue weighted by molar-refractivity contribution is 4.79. The van der Waals surface area contributed by atoms with Crippen LogP contribution in [0.1, 0.15) is 27.2 Å². The van der Waals surface area contributed by atoms with Crippen molar-refractivity contribution in [1.29, 1.82) is 0 Å². The predicted octanol–water partition coefficient (Wildman–Crippen LogP) is 0.935. The third-order valence-electron chi connectivity index (χ3n) is 2.80. The smallest absolute Gasteiger partial charge is 0.0768 e. The van der Waals surface area contributed by atoms with Gasteiger partial charge in [-0.1, -0.05) is 13.8 Å². The summed E-state index contributed by atoms with van der Waals surface area (Å²) in [5.74, 6) is 0.300. The Morgan fingerprint density at radius 2 is 2.00 bits per heavy atom. The molecule has 0 heterocycles. The van der Waals surface area contributed by atoms with Gasteiger partial charge in [-0.05, 0) is 46.4 Å². The molecular weight excluding hydrogens is 176 g/mol. The third kappa shape index (κ3) is 5.58. The highest BCUT2D eigenvalue weighted by Gasteiger charge is 2.25. The number of hydrogen-bond donors (Lipinski definition) is 2. The van der Waals surface area contributed by atoms with Crippen LogP contribution in [0.3, 0.4) is 0 Å². The fraction of sp³-hybridized carbons (Fsp3) is 1.00. The van der Waals surface area contributed by atoms with Crippen molar-refractivity contribution in [1.82, 2.24) is 10.2 Å². The molecule has 14 heavy (non-hydrogen) atoms. The second-order valence-corrected chi connectivity index (χ2v) is 4.71. The Kier molecular flexibility index (Phi) is 6.33. The molecule has 0 radical (unpaired) electrons. The summed E-state index contributed by atoms with van der Waals surface area (Å²) in [6.07, 6.45) is 1.13. The standard InChI is InChI=1S/C11H26N2O/c1-10(2)11(3,14)9-13(5)8-6-7-12-4/h10,12,14H,6-9H2,1-5H3. The maximum absolute atomic E-state index is 10.1. The molecule has 0 spiro atoms. The maximum atomic E-state index is 10.1. The molecule has 0 aliphatic carbocycles. The van der Waals surface area contributed by atoms with Crippen LogP contribution in [0.5, 0.6) is 0 Å². The van der Waals surface area contributed by atoms with Crippen LogP contribution in [0, 0.1) is 5.92 Å². The van der Waals surface area contributed by atoms with Crippen LogP contribution in [-0.4, -0.2) is 49.3 Å². The number of rotatable bonds is 7. The third-order valence-corrected chi connectivity index (χ3v) is 2.80. The van der Waals surface area contributed by atoms with Gasteiger partial charge in [0.15, 0.2) is 0 Å². The van der Waals surface area contributed by atoms with E-state index in [1.807, 2.05) is 14.0 Å². The summed E-state index contributed by atoms with van der Waals surface area (Å²) in [6.45, 7) is 8.83. The lowest BCUT2D eigenvalue weighted by Crippen LogP contribution is -2.43. The summed E-state index contributed by atoms with van der Waals surface area (Å²) in [5, 5.41) is 13.2. The Labute approximate surface area is 88.5 Å². The topological polar surface area (TPSA) is 35.5 Å². The molecular formula is C11H26N2O. The summed E-state index contributed by atoms with van der Waals surface area (Å²) in [6, 6.07) is 0. The molecule has 3 nitrogen and oxygen atoms in total. The van der Waals surface area contributed by atoms with Crippen molar-refractivity contribution in [3.8, 4) is 0 Å². The van der Waals surface area contributed by atoms with Crippen LogP contribution >= 0.6 is 0 Å². The molecule has 0 aromatic rings. The van der Waals surface area contributed by atoms with Crippen molar-refractivity contribution in [2.75, 3.05) is 33.7 Å². The van der Waals surface area contributed by atoms with Gasteiger partial charge < -0.3 is 15.3 Å². The van der Waals surface area contributed by atoms with Crippen LogP contribution in [0.15, 0.2) is 0 Å². The Bertz CT molecular complexity index is 146. The Morgan fingerprint density at radius 1 is 1.43 bits per heavy atom. The van der Waals surface area contributed by atoms with Gasteiger partial charge in [0.25, 0.3) is 0 Å².